The highest BCUT2D eigenvalue weighted by molar-refractivity contribution is 5.89. The van der Waals surface area contributed by atoms with Gasteiger partial charge in [-0.25, -0.2) is 4.79 Å². The summed E-state index contributed by atoms with van der Waals surface area (Å²) in [5, 5.41) is 39.5. The second-order valence-electron chi connectivity index (χ2n) is 7.45. The van der Waals surface area contributed by atoms with E-state index in [-0.39, 0.29) is 40.5 Å². The van der Waals surface area contributed by atoms with Gasteiger partial charge in [0, 0.05) is 29.7 Å². The lowest BCUT2D eigenvalue weighted by atomic mass is 9.93. The fourth-order valence-corrected chi connectivity index (χ4v) is 3.55. The molecule has 34 heavy (non-hydrogen) atoms. The average Bonchev–Trinajstić information content (AvgIpc) is 2.75. The number of halogens is 3. The van der Waals surface area contributed by atoms with Gasteiger partial charge in [-0.15, -0.1) is 13.2 Å². The summed E-state index contributed by atoms with van der Waals surface area (Å²) in [6, 6.07) is 10.3. The monoisotopic (exact) mass is 478 g/mol. The molecule has 1 aliphatic rings. The van der Waals surface area contributed by atoms with E-state index in [4.69, 9.17) is 9.47 Å². The van der Waals surface area contributed by atoms with Gasteiger partial charge in [0.15, 0.2) is 17.6 Å². The molecule has 2 atom stereocenters. The standard InChI is InChI=1S/C23H17F3O8/c24-23(25,26)34-14-4-1-11(2-5-14)22(31)33-20-10-15-17(29)8-13(27)9-19(15)32-21(20)12-3-6-16(28)18(30)7-12/h1-9,20-21,27-30H,10H2/t20-,21-/m1/s1. The third-order valence-electron chi connectivity index (χ3n) is 5.08. The lowest BCUT2D eigenvalue weighted by molar-refractivity contribution is -0.274. The zero-order valence-electron chi connectivity index (χ0n) is 17.1. The van der Waals surface area contributed by atoms with Crippen molar-refractivity contribution in [1.29, 1.82) is 0 Å². The summed E-state index contributed by atoms with van der Waals surface area (Å²) in [4.78, 5) is 12.7. The molecule has 3 aromatic carbocycles. The van der Waals surface area contributed by atoms with Crippen LogP contribution in [0.2, 0.25) is 0 Å². The van der Waals surface area contributed by atoms with Gasteiger partial charge in [0.2, 0.25) is 0 Å². The summed E-state index contributed by atoms with van der Waals surface area (Å²) < 4.78 is 52.2. The number of fused-ring (bicyclic) bond motifs is 1. The quantitative estimate of drug-likeness (QED) is 0.323. The number of benzene rings is 3. The summed E-state index contributed by atoms with van der Waals surface area (Å²) >= 11 is 0. The van der Waals surface area contributed by atoms with Crippen LogP contribution in [0.1, 0.15) is 27.6 Å². The van der Waals surface area contributed by atoms with Crippen LogP contribution in [0.15, 0.2) is 54.6 Å². The molecule has 0 fully saturated rings. The summed E-state index contributed by atoms with van der Waals surface area (Å²) in [5.41, 5.74) is 0.502. The molecule has 11 heteroatoms. The highest BCUT2D eigenvalue weighted by Crippen LogP contribution is 2.44. The summed E-state index contributed by atoms with van der Waals surface area (Å²) in [5.74, 6) is -2.67. The Balaban J connectivity index is 1.62. The Hall–Kier alpha value is -4.28. The van der Waals surface area contributed by atoms with Gasteiger partial charge in [-0.2, -0.15) is 0 Å². The molecule has 0 saturated carbocycles. The van der Waals surface area contributed by atoms with Crippen LogP contribution in [0, 0.1) is 0 Å². The van der Waals surface area contributed by atoms with Gasteiger partial charge in [0.1, 0.15) is 29.1 Å². The Kier molecular flexibility index (Phi) is 5.78. The van der Waals surface area contributed by atoms with E-state index >= 15 is 0 Å². The molecule has 0 radical (unpaired) electrons. The first-order valence-electron chi connectivity index (χ1n) is 9.80. The lowest BCUT2D eigenvalue weighted by Gasteiger charge is -2.34. The number of phenolic OH excluding ortho intramolecular Hbond substituents is 4. The van der Waals surface area contributed by atoms with Crippen molar-refractivity contribution in [1.82, 2.24) is 0 Å². The molecule has 0 unspecified atom stereocenters. The largest absolute Gasteiger partial charge is 0.573 e. The van der Waals surface area contributed by atoms with Crippen LogP contribution in [0.5, 0.6) is 34.5 Å². The maximum absolute atomic E-state index is 12.7. The summed E-state index contributed by atoms with van der Waals surface area (Å²) in [6.07, 6.45) is -6.99. The molecule has 4 N–H and O–H groups in total. The number of alkyl halides is 3. The van der Waals surface area contributed by atoms with Crippen LogP contribution in [-0.2, 0) is 11.2 Å². The van der Waals surface area contributed by atoms with Crippen molar-refractivity contribution in [2.45, 2.75) is 25.0 Å². The predicted octanol–water partition coefficient (Wildman–Crippen LogP) is 4.31. The summed E-state index contributed by atoms with van der Waals surface area (Å²) in [7, 11) is 0. The van der Waals surface area contributed by atoms with Gasteiger partial charge in [0.05, 0.1) is 5.56 Å². The van der Waals surface area contributed by atoms with Crippen molar-refractivity contribution in [3.63, 3.8) is 0 Å². The fourth-order valence-electron chi connectivity index (χ4n) is 3.55. The molecule has 1 heterocycles. The van der Waals surface area contributed by atoms with Crippen molar-refractivity contribution in [3.8, 4) is 34.5 Å². The first-order valence-corrected chi connectivity index (χ1v) is 9.80. The van der Waals surface area contributed by atoms with Crippen LogP contribution in [0.3, 0.4) is 0 Å². The van der Waals surface area contributed by atoms with Gasteiger partial charge in [-0.05, 0) is 36.4 Å². The molecule has 0 bridgehead atoms. The maximum atomic E-state index is 12.7. The van der Waals surface area contributed by atoms with E-state index in [9.17, 15) is 38.4 Å². The molecule has 178 valence electrons. The predicted molar refractivity (Wildman–Crippen MR) is 109 cm³/mol. The molecule has 0 aliphatic carbocycles. The molecule has 1 aliphatic heterocycles. The second-order valence-corrected chi connectivity index (χ2v) is 7.45. The molecular weight excluding hydrogens is 461 g/mol. The number of carbonyl (C=O) groups excluding carboxylic acids is 1. The Labute approximate surface area is 190 Å². The molecule has 0 spiro atoms. The van der Waals surface area contributed by atoms with Gasteiger partial charge in [0.25, 0.3) is 0 Å². The number of esters is 1. The Morgan fingerprint density at radius 1 is 0.912 bits per heavy atom. The van der Waals surface area contributed by atoms with Crippen LogP contribution in [0.25, 0.3) is 0 Å². The first-order chi connectivity index (χ1) is 16.0. The number of hydrogen-bond acceptors (Lipinski definition) is 8. The average molecular weight is 478 g/mol. The SMILES string of the molecule is O=C(O[C@@H]1Cc2c(O)cc(O)cc2O[C@@H]1c1ccc(O)c(O)c1)c1ccc(OC(F)(F)F)cc1. The minimum atomic E-state index is -4.88. The number of rotatable bonds is 4. The molecule has 4 rings (SSSR count). The first kappa shape index (κ1) is 22.9. The number of phenols is 4. The molecule has 0 amide bonds. The lowest BCUT2D eigenvalue weighted by Crippen LogP contribution is -2.34. The van der Waals surface area contributed by atoms with E-state index in [0.29, 0.717) is 5.56 Å². The second kappa shape index (κ2) is 8.58. The Bertz CT molecular complexity index is 1220. The zero-order chi connectivity index (χ0) is 24.6. The van der Waals surface area contributed by atoms with E-state index < -0.39 is 36.0 Å². The van der Waals surface area contributed by atoms with Crippen LogP contribution in [-0.4, -0.2) is 38.9 Å². The molecular formula is C23H17F3O8. The van der Waals surface area contributed by atoms with Crippen molar-refractivity contribution in [3.05, 3.63) is 71.3 Å². The van der Waals surface area contributed by atoms with E-state index in [0.717, 1.165) is 30.3 Å². The maximum Gasteiger partial charge on any atom is 0.573 e. The van der Waals surface area contributed by atoms with Crippen LogP contribution >= 0.6 is 0 Å². The van der Waals surface area contributed by atoms with E-state index in [1.54, 1.807) is 0 Å². The van der Waals surface area contributed by atoms with Gasteiger partial charge in [-0.1, -0.05) is 6.07 Å². The molecule has 0 saturated heterocycles. The van der Waals surface area contributed by atoms with Gasteiger partial charge >= 0.3 is 12.3 Å². The van der Waals surface area contributed by atoms with E-state index in [1.807, 2.05) is 0 Å². The van der Waals surface area contributed by atoms with Gasteiger partial charge in [-0.3, -0.25) is 0 Å². The highest BCUT2D eigenvalue weighted by atomic mass is 19.4. The smallest absolute Gasteiger partial charge is 0.508 e. The Morgan fingerprint density at radius 3 is 2.26 bits per heavy atom. The van der Waals surface area contributed by atoms with E-state index in [1.165, 1.54) is 24.3 Å². The van der Waals surface area contributed by atoms with Crippen molar-refractivity contribution in [2.24, 2.45) is 0 Å². The number of aromatic hydroxyl groups is 4. The van der Waals surface area contributed by atoms with E-state index in [2.05, 4.69) is 4.74 Å². The molecule has 8 nitrogen and oxygen atoms in total. The number of carbonyl (C=O) groups is 1. The normalized spacial score (nSPS) is 17.4. The Morgan fingerprint density at radius 2 is 1.62 bits per heavy atom. The molecule has 3 aromatic rings. The minimum absolute atomic E-state index is 0.0469. The third kappa shape index (κ3) is 4.87. The highest BCUT2D eigenvalue weighted by Gasteiger charge is 2.37. The van der Waals surface area contributed by atoms with Crippen LogP contribution < -0.4 is 9.47 Å². The number of ether oxygens (including phenoxy) is 3. The van der Waals surface area contributed by atoms with Crippen LogP contribution in [0.4, 0.5) is 13.2 Å². The van der Waals surface area contributed by atoms with Crippen molar-refractivity contribution >= 4 is 5.97 Å². The van der Waals surface area contributed by atoms with Crippen molar-refractivity contribution in [2.75, 3.05) is 0 Å². The number of hydrogen-bond donors (Lipinski definition) is 4. The third-order valence-corrected chi connectivity index (χ3v) is 5.08. The molecule has 0 aromatic heterocycles. The zero-order valence-corrected chi connectivity index (χ0v) is 17.1. The fraction of sp³-hybridized carbons (Fsp3) is 0.174. The van der Waals surface area contributed by atoms with Crippen molar-refractivity contribution < 1.29 is 52.6 Å². The summed E-state index contributed by atoms with van der Waals surface area (Å²) in [6.45, 7) is 0. The van der Waals surface area contributed by atoms with Gasteiger partial charge < -0.3 is 34.6 Å². The minimum Gasteiger partial charge on any atom is -0.508 e. The topological polar surface area (TPSA) is 126 Å².